The Morgan fingerprint density at radius 3 is 2.41 bits per heavy atom. The van der Waals surface area contributed by atoms with Crippen molar-refractivity contribution in [3.8, 4) is 0 Å². The first kappa shape index (κ1) is 19.2. The molecule has 3 aliphatic heterocycles. The molecule has 154 valence electrons. The van der Waals surface area contributed by atoms with Crippen LogP contribution in [0.5, 0.6) is 0 Å². The molecule has 29 heavy (non-hydrogen) atoms. The zero-order valence-corrected chi connectivity index (χ0v) is 17.4. The molecule has 0 radical (unpaired) electrons. The maximum absolute atomic E-state index is 13.5. The largest absolute Gasteiger partial charge is 0.302 e. The quantitative estimate of drug-likeness (QED) is 0.754. The molecule has 2 fully saturated rings. The number of hydrogen-bond donors (Lipinski definition) is 0. The van der Waals surface area contributed by atoms with Gasteiger partial charge in [0, 0.05) is 19.6 Å². The number of hydrogen-bond acceptors (Lipinski definition) is 4. The summed E-state index contributed by atoms with van der Waals surface area (Å²) in [6.45, 7) is 3.86. The number of piperidine rings is 1. The third kappa shape index (κ3) is 3.31. The second-order valence-corrected chi connectivity index (χ2v) is 11.2. The lowest BCUT2D eigenvalue weighted by Gasteiger charge is -2.38. The van der Waals surface area contributed by atoms with E-state index in [1.807, 2.05) is 24.3 Å². The molecule has 2 aromatic carbocycles. The topological polar surface area (TPSA) is 40.6 Å². The predicted octanol–water partition coefficient (Wildman–Crippen LogP) is 3.04. The Morgan fingerprint density at radius 1 is 1.00 bits per heavy atom. The van der Waals surface area contributed by atoms with E-state index in [0.29, 0.717) is 13.1 Å². The van der Waals surface area contributed by atoms with Crippen LogP contribution in [0.25, 0.3) is 0 Å². The summed E-state index contributed by atoms with van der Waals surface area (Å²) in [5.41, 5.74) is 3.51. The normalized spacial score (nSPS) is 29.1. The molecule has 5 rings (SSSR count). The summed E-state index contributed by atoms with van der Waals surface area (Å²) in [7, 11) is -3.16. The zero-order valence-electron chi connectivity index (χ0n) is 16.6. The molecule has 3 heterocycles. The van der Waals surface area contributed by atoms with Gasteiger partial charge in [0.25, 0.3) is 0 Å². The molecule has 6 heteroatoms. The van der Waals surface area contributed by atoms with Gasteiger partial charge in [-0.25, -0.2) is 12.8 Å². The average molecular weight is 415 g/mol. The van der Waals surface area contributed by atoms with E-state index in [9.17, 15) is 12.8 Å². The third-order valence-corrected chi connectivity index (χ3v) is 9.73. The van der Waals surface area contributed by atoms with Gasteiger partial charge in [0.2, 0.25) is 0 Å². The SMILES string of the molecule is O=S(=O)(CCN1CCc2ccccc2[C@@H]1c1ccc(F)cc1)C12CCN(CC1)C2. The number of benzene rings is 2. The van der Waals surface area contributed by atoms with E-state index in [-0.39, 0.29) is 17.6 Å². The first-order valence-corrected chi connectivity index (χ1v) is 12.1. The number of fused-ring (bicyclic) bond motifs is 3. The van der Waals surface area contributed by atoms with Gasteiger partial charge in [-0.05, 0) is 61.2 Å². The monoisotopic (exact) mass is 414 g/mol. The summed E-state index contributed by atoms with van der Waals surface area (Å²) in [6.07, 6.45) is 2.46. The van der Waals surface area contributed by atoms with Gasteiger partial charge in [-0.3, -0.25) is 4.90 Å². The van der Waals surface area contributed by atoms with Gasteiger partial charge >= 0.3 is 0 Å². The summed E-state index contributed by atoms with van der Waals surface area (Å²) in [5, 5.41) is 0. The van der Waals surface area contributed by atoms with Crippen molar-refractivity contribution >= 4 is 9.84 Å². The molecule has 2 aromatic rings. The first-order chi connectivity index (χ1) is 14.0. The molecule has 4 nitrogen and oxygen atoms in total. The number of nitrogens with zero attached hydrogens (tertiary/aromatic N) is 2. The molecule has 0 aromatic heterocycles. The summed E-state index contributed by atoms with van der Waals surface area (Å²) in [6, 6.07) is 14.9. The molecular formula is C23H27FN2O2S. The zero-order chi connectivity index (χ0) is 20.1. The standard InChI is InChI=1S/C23H27FN2O2S/c24-20-7-5-19(6-8-20)22-21-4-2-1-3-18(21)9-12-26(22)15-16-29(27,28)23-10-13-25(17-23)14-11-23/h1-8,22H,9-17H2/t22-/m0/s1. The second-order valence-electron chi connectivity index (χ2n) is 8.72. The van der Waals surface area contributed by atoms with Gasteiger partial charge in [0.15, 0.2) is 9.84 Å². The second kappa shape index (κ2) is 7.18. The maximum atomic E-state index is 13.5. The molecule has 1 atom stereocenters. The van der Waals surface area contributed by atoms with Gasteiger partial charge < -0.3 is 4.90 Å². The molecule has 0 amide bonds. The van der Waals surface area contributed by atoms with Crippen molar-refractivity contribution in [1.29, 1.82) is 0 Å². The van der Waals surface area contributed by atoms with Gasteiger partial charge in [-0.15, -0.1) is 0 Å². The van der Waals surface area contributed by atoms with Crippen LogP contribution in [0.15, 0.2) is 48.5 Å². The van der Waals surface area contributed by atoms with E-state index in [0.717, 1.165) is 44.5 Å². The van der Waals surface area contributed by atoms with Gasteiger partial charge in [0.1, 0.15) is 5.82 Å². The van der Waals surface area contributed by atoms with Crippen LogP contribution in [-0.2, 0) is 16.3 Å². The van der Waals surface area contributed by atoms with E-state index in [4.69, 9.17) is 0 Å². The van der Waals surface area contributed by atoms with Crippen LogP contribution in [0.4, 0.5) is 4.39 Å². The predicted molar refractivity (Wildman–Crippen MR) is 112 cm³/mol. The van der Waals surface area contributed by atoms with Crippen LogP contribution >= 0.6 is 0 Å². The highest BCUT2D eigenvalue weighted by Gasteiger charge is 2.52. The average Bonchev–Trinajstić information content (AvgIpc) is 3.36. The highest BCUT2D eigenvalue weighted by molar-refractivity contribution is 7.92. The molecule has 0 spiro atoms. The fourth-order valence-electron chi connectivity index (χ4n) is 5.44. The highest BCUT2D eigenvalue weighted by Crippen LogP contribution is 2.40. The number of halogens is 1. The van der Waals surface area contributed by atoms with Crippen molar-refractivity contribution in [3.63, 3.8) is 0 Å². The van der Waals surface area contributed by atoms with Gasteiger partial charge in [0.05, 0.1) is 16.5 Å². The lowest BCUT2D eigenvalue weighted by atomic mass is 9.88. The summed E-state index contributed by atoms with van der Waals surface area (Å²) in [5.74, 6) is -0.0566. The molecule has 3 aliphatic rings. The number of sulfone groups is 1. The molecular weight excluding hydrogens is 387 g/mol. The Morgan fingerprint density at radius 2 is 1.72 bits per heavy atom. The van der Waals surface area contributed by atoms with E-state index in [1.54, 1.807) is 0 Å². The number of rotatable bonds is 5. The molecule has 0 N–H and O–H groups in total. The van der Waals surface area contributed by atoms with Crippen molar-refractivity contribution < 1.29 is 12.8 Å². The van der Waals surface area contributed by atoms with Crippen molar-refractivity contribution in [2.75, 3.05) is 38.5 Å². The Hall–Kier alpha value is -1.76. The smallest absolute Gasteiger partial charge is 0.158 e. The van der Waals surface area contributed by atoms with Crippen molar-refractivity contribution in [1.82, 2.24) is 9.80 Å². The van der Waals surface area contributed by atoms with Crippen LogP contribution in [0.3, 0.4) is 0 Å². The Labute approximate surface area is 172 Å². The Bertz CT molecular complexity index is 998. The van der Waals surface area contributed by atoms with Crippen molar-refractivity contribution in [2.45, 2.75) is 30.1 Å². The minimum atomic E-state index is -3.16. The van der Waals surface area contributed by atoms with E-state index >= 15 is 0 Å². The van der Waals surface area contributed by atoms with Crippen LogP contribution in [0.2, 0.25) is 0 Å². The highest BCUT2D eigenvalue weighted by atomic mass is 32.2. The van der Waals surface area contributed by atoms with Gasteiger partial charge in [-0.1, -0.05) is 36.4 Å². The fraction of sp³-hybridized carbons (Fsp3) is 0.478. The van der Waals surface area contributed by atoms with Crippen molar-refractivity contribution in [2.24, 2.45) is 0 Å². The molecule has 2 bridgehead atoms. The van der Waals surface area contributed by atoms with Crippen LogP contribution in [-0.4, -0.2) is 61.4 Å². The van der Waals surface area contributed by atoms with Crippen LogP contribution < -0.4 is 0 Å². The minimum Gasteiger partial charge on any atom is -0.302 e. The van der Waals surface area contributed by atoms with Gasteiger partial charge in [-0.2, -0.15) is 0 Å². The molecule has 2 saturated heterocycles. The first-order valence-electron chi connectivity index (χ1n) is 10.5. The maximum Gasteiger partial charge on any atom is 0.158 e. The van der Waals surface area contributed by atoms with E-state index < -0.39 is 14.6 Å². The summed E-state index contributed by atoms with van der Waals surface area (Å²) >= 11 is 0. The Balaban J connectivity index is 1.42. The summed E-state index contributed by atoms with van der Waals surface area (Å²) < 4.78 is 39.6. The minimum absolute atomic E-state index is 0.0306. The third-order valence-electron chi connectivity index (χ3n) is 7.15. The fourth-order valence-corrected chi connectivity index (χ4v) is 7.53. The molecule has 0 saturated carbocycles. The van der Waals surface area contributed by atoms with Crippen LogP contribution in [0, 0.1) is 5.82 Å². The molecule has 0 aliphatic carbocycles. The lowest BCUT2D eigenvalue weighted by Crippen LogP contribution is -2.44. The van der Waals surface area contributed by atoms with Crippen molar-refractivity contribution in [3.05, 3.63) is 71.0 Å². The lowest BCUT2D eigenvalue weighted by molar-refractivity contribution is 0.225. The Kier molecular flexibility index (Phi) is 4.76. The summed E-state index contributed by atoms with van der Waals surface area (Å²) in [4.78, 5) is 4.54. The molecule has 0 unspecified atom stereocenters. The van der Waals surface area contributed by atoms with E-state index in [2.05, 4.69) is 21.9 Å². The van der Waals surface area contributed by atoms with E-state index in [1.165, 1.54) is 23.3 Å². The van der Waals surface area contributed by atoms with Crippen LogP contribution in [0.1, 0.15) is 35.6 Å².